The van der Waals surface area contributed by atoms with E-state index in [1.807, 2.05) is 18.2 Å². The topological polar surface area (TPSA) is 25.8 Å². The normalized spacial score (nSPS) is 10.2. The first-order valence-electron chi connectivity index (χ1n) is 3.49. The molecule has 0 saturated carbocycles. The second-order valence-corrected chi connectivity index (χ2v) is 3.71. The molecule has 0 aliphatic carbocycles. The van der Waals surface area contributed by atoms with Crippen LogP contribution in [0.3, 0.4) is 0 Å². The van der Waals surface area contributed by atoms with Gasteiger partial charge in [0.05, 0.1) is 7.11 Å². The average molecular weight is 296 g/mol. The number of benzene rings is 1. The van der Waals surface area contributed by atoms with Crippen molar-refractivity contribution in [2.24, 2.45) is 0 Å². The Balaban J connectivity index is 3.00. The molecule has 1 aromatic carbocycles. The molecule has 0 spiro atoms. The maximum Gasteiger partial charge on any atom is 0.167 e. The van der Waals surface area contributed by atoms with Crippen molar-refractivity contribution in [2.75, 3.05) is 7.11 Å². The van der Waals surface area contributed by atoms with Gasteiger partial charge in [0.25, 0.3) is 0 Å². The molecule has 0 atom stereocenters. The van der Waals surface area contributed by atoms with E-state index in [-0.39, 0.29) is 0 Å². The minimum atomic E-state index is 0.823. The number of nitrogens with two attached hydrogens (primary N) is 1. The average Bonchev–Trinajstić information content (AvgIpc) is 2.05. The highest BCUT2D eigenvalue weighted by atomic mass is 79.9. The Morgan fingerprint density at radius 3 is 2.83 bits per heavy atom. The van der Waals surface area contributed by atoms with Gasteiger partial charge in [0.15, 0.2) is 5.69 Å². The molecular formula is C8H10Br2NO+. The van der Waals surface area contributed by atoms with E-state index in [4.69, 9.17) is 4.84 Å². The van der Waals surface area contributed by atoms with Gasteiger partial charge in [-0.05, 0) is 6.07 Å². The molecule has 66 valence electrons. The van der Waals surface area contributed by atoms with E-state index in [1.165, 1.54) is 5.56 Å². The molecular weight excluding hydrogens is 286 g/mol. The van der Waals surface area contributed by atoms with Gasteiger partial charge in [-0.25, -0.2) is 4.84 Å². The van der Waals surface area contributed by atoms with Crippen LogP contribution in [0.15, 0.2) is 22.7 Å². The first kappa shape index (κ1) is 10.2. The molecule has 12 heavy (non-hydrogen) atoms. The van der Waals surface area contributed by atoms with Gasteiger partial charge < -0.3 is 0 Å². The molecule has 0 aliphatic rings. The summed E-state index contributed by atoms with van der Waals surface area (Å²) in [5.41, 5.74) is 4.05. The fourth-order valence-electron chi connectivity index (χ4n) is 0.954. The second-order valence-electron chi connectivity index (χ2n) is 2.29. The molecule has 1 aromatic rings. The number of alkyl halides is 1. The predicted octanol–water partition coefficient (Wildman–Crippen LogP) is 2.10. The first-order valence-corrected chi connectivity index (χ1v) is 5.40. The summed E-state index contributed by atoms with van der Waals surface area (Å²) in [6, 6.07) is 6.02. The minimum Gasteiger partial charge on any atom is -0.204 e. The highest BCUT2D eigenvalue weighted by Crippen LogP contribution is 2.23. The van der Waals surface area contributed by atoms with Crippen molar-refractivity contribution in [2.45, 2.75) is 5.33 Å². The summed E-state index contributed by atoms with van der Waals surface area (Å²) in [6.45, 7) is 0. The smallest absolute Gasteiger partial charge is 0.167 e. The van der Waals surface area contributed by atoms with E-state index in [0.29, 0.717) is 0 Å². The molecule has 0 aromatic heterocycles. The quantitative estimate of drug-likeness (QED) is 0.516. The zero-order chi connectivity index (χ0) is 8.97. The molecule has 0 heterocycles. The second kappa shape index (κ2) is 4.97. The van der Waals surface area contributed by atoms with E-state index < -0.39 is 0 Å². The molecule has 4 heteroatoms. The lowest BCUT2D eigenvalue weighted by Crippen LogP contribution is -2.76. The maximum atomic E-state index is 4.96. The molecule has 2 nitrogen and oxygen atoms in total. The molecule has 0 radical (unpaired) electrons. The van der Waals surface area contributed by atoms with Crippen LogP contribution >= 0.6 is 31.9 Å². The van der Waals surface area contributed by atoms with Gasteiger partial charge in [0.2, 0.25) is 0 Å². The van der Waals surface area contributed by atoms with Crippen LogP contribution in [0.2, 0.25) is 0 Å². The van der Waals surface area contributed by atoms with Gasteiger partial charge in [-0.2, -0.15) is 5.48 Å². The molecule has 1 rings (SSSR count). The summed E-state index contributed by atoms with van der Waals surface area (Å²) < 4.78 is 1.10. The molecule has 0 saturated heterocycles. The third kappa shape index (κ3) is 2.29. The lowest BCUT2D eigenvalue weighted by atomic mass is 10.2. The fraction of sp³-hybridized carbons (Fsp3) is 0.250. The Labute approximate surface area is 88.5 Å². The Bertz CT molecular complexity index is 265. The first-order chi connectivity index (χ1) is 5.79. The number of hydrogen-bond acceptors (Lipinski definition) is 1. The summed E-state index contributed by atoms with van der Waals surface area (Å²) in [5, 5.41) is 0.823. The molecule has 2 N–H and O–H groups in total. The minimum absolute atomic E-state index is 0.823. The van der Waals surface area contributed by atoms with E-state index in [1.54, 1.807) is 12.6 Å². The Kier molecular flexibility index (Phi) is 4.21. The van der Waals surface area contributed by atoms with Gasteiger partial charge in [-0.3, -0.25) is 0 Å². The molecule has 0 amide bonds. The zero-order valence-corrected chi connectivity index (χ0v) is 9.85. The number of quaternary nitrogens is 1. The van der Waals surface area contributed by atoms with Crippen LogP contribution in [0.4, 0.5) is 5.69 Å². The summed E-state index contributed by atoms with van der Waals surface area (Å²) >= 11 is 6.90. The van der Waals surface area contributed by atoms with E-state index in [2.05, 4.69) is 31.9 Å². The van der Waals surface area contributed by atoms with Crippen LogP contribution in [0.1, 0.15) is 5.56 Å². The van der Waals surface area contributed by atoms with Crippen LogP contribution in [-0.2, 0) is 10.2 Å². The highest BCUT2D eigenvalue weighted by Gasteiger charge is 2.07. The largest absolute Gasteiger partial charge is 0.204 e. The van der Waals surface area contributed by atoms with Crippen molar-refractivity contribution in [1.29, 1.82) is 0 Å². The Morgan fingerprint density at radius 2 is 2.25 bits per heavy atom. The zero-order valence-electron chi connectivity index (χ0n) is 6.68. The van der Waals surface area contributed by atoms with Crippen molar-refractivity contribution in [3.63, 3.8) is 0 Å². The van der Waals surface area contributed by atoms with Crippen LogP contribution in [0, 0.1) is 0 Å². The number of hydrogen-bond donors (Lipinski definition) is 1. The molecule has 0 fully saturated rings. The third-order valence-corrected chi connectivity index (χ3v) is 2.84. The van der Waals surface area contributed by atoms with Crippen LogP contribution in [0.5, 0.6) is 0 Å². The van der Waals surface area contributed by atoms with E-state index in [0.717, 1.165) is 15.5 Å². The van der Waals surface area contributed by atoms with E-state index in [9.17, 15) is 0 Å². The van der Waals surface area contributed by atoms with Gasteiger partial charge in [-0.15, -0.1) is 0 Å². The number of rotatable bonds is 3. The number of halogens is 2. The van der Waals surface area contributed by atoms with Gasteiger partial charge in [-0.1, -0.05) is 37.9 Å². The van der Waals surface area contributed by atoms with Crippen molar-refractivity contribution in [1.82, 2.24) is 0 Å². The van der Waals surface area contributed by atoms with Crippen LogP contribution in [-0.4, -0.2) is 7.11 Å². The summed E-state index contributed by atoms with van der Waals surface area (Å²) in [7, 11) is 1.65. The van der Waals surface area contributed by atoms with Crippen molar-refractivity contribution in [3.8, 4) is 0 Å². The third-order valence-electron chi connectivity index (χ3n) is 1.53. The van der Waals surface area contributed by atoms with E-state index >= 15 is 0 Å². The van der Waals surface area contributed by atoms with Crippen molar-refractivity contribution < 1.29 is 10.3 Å². The van der Waals surface area contributed by atoms with Crippen molar-refractivity contribution in [3.05, 3.63) is 28.2 Å². The lowest BCUT2D eigenvalue weighted by molar-refractivity contribution is -0.830. The predicted molar refractivity (Wildman–Crippen MR) is 55.4 cm³/mol. The van der Waals surface area contributed by atoms with Crippen molar-refractivity contribution >= 4 is 37.5 Å². The SMILES string of the molecule is CO[NH2+]c1cccc(Br)c1CBr. The fourth-order valence-corrected chi connectivity index (χ4v) is 2.48. The summed E-state index contributed by atoms with van der Waals surface area (Å²) in [4.78, 5) is 4.96. The van der Waals surface area contributed by atoms with Crippen LogP contribution < -0.4 is 5.48 Å². The summed E-state index contributed by atoms with van der Waals surface area (Å²) in [5.74, 6) is 0. The highest BCUT2D eigenvalue weighted by molar-refractivity contribution is 9.10. The van der Waals surface area contributed by atoms with Gasteiger partial charge in [0.1, 0.15) is 0 Å². The summed E-state index contributed by atoms with van der Waals surface area (Å²) in [6.07, 6.45) is 0. The van der Waals surface area contributed by atoms with Gasteiger partial charge in [0, 0.05) is 21.4 Å². The standard InChI is InChI=1S/C8H9Br2NO/c1-12-11-8-4-2-3-7(10)6(8)5-9/h2-4,11H,5H2,1H3/p+1. The lowest BCUT2D eigenvalue weighted by Gasteiger charge is -2.03. The van der Waals surface area contributed by atoms with Gasteiger partial charge >= 0.3 is 0 Å². The Hall–Kier alpha value is 0.1000. The van der Waals surface area contributed by atoms with Crippen LogP contribution in [0.25, 0.3) is 0 Å². The molecule has 0 unspecified atom stereocenters. The molecule has 0 bridgehead atoms. The Morgan fingerprint density at radius 1 is 1.50 bits per heavy atom. The molecule has 0 aliphatic heterocycles. The maximum absolute atomic E-state index is 4.96. The monoisotopic (exact) mass is 294 g/mol.